The Hall–Kier alpha value is -2.38. The first kappa shape index (κ1) is 15.7. The fourth-order valence-corrected chi connectivity index (χ4v) is 1.38. The van der Waals surface area contributed by atoms with Crippen LogP contribution in [-0.4, -0.2) is 27.0 Å². The highest BCUT2D eigenvalue weighted by Gasteiger charge is 2.15. The number of hydrogen-bond donors (Lipinski definition) is 1. The zero-order valence-corrected chi connectivity index (χ0v) is 12.1. The van der Waals surface area contributed by atoms with E-state index in [1.807, 2.05) is 0 Å². The van der Waals surface area contributed by atoms with Crippen LogP contribution in [0, 0.1) is 0 Å². The zero-order valence-electron chi connectivity index (χ0n) is 12.1. The third-order valence-electron chi connectivity index (χ3n) is 2.23. The largest absolute Gasteiger partial charge is 0.443 e. The van der Waals surface area contributed by atoms with Gasteiger partial charge < -0.3 is 9.30 Å². The molecule has 1 amide bonds. The second-order valence-electron chi connectivity index (χ2n) is 5.21. The van der Waals surface area contributed by atoms with E-state index < -0.39 is 22.9 Å². The molecule has 1 N–H and O–H groups in total. The molecule has 0 saturated carbocycles. The maximum Gasteiger partial charge on any atom is 0.428 e. The first-order valence-corrected chi connectivity index (χ1v) is 5.90. The van der Waals surface area contributed by atoms with Crippen molar-refractivity contribution in [1.82, 2.24) is 14.6 Å². The van der Waals surface area contributed by atoms with E-state index in [0.29, 0.717) is 0 Å². The van der Waals surface area contributed by atoms with Crippen LogP contribution in [0.2, 0.25) is 0 Å². The van der Waals surface area contributed by atoms with Crippen LogP contribution >= 0.6 is 0 Å². The molecule has 0 fully saturated rings. The molecule has 8 nitrogen and oxygen atoms in total. The highest BCUT2D eigenvalue weighted by atomic mass is 16.6. The van der Waals surface area contributed by atoms with Gasteiger partial charge in [0, 0.05) is 20.3 Å². The molecule has 0 atom stereocenters. The van der Waals surface area contributed by atoms with Gasteiger partial charge in [-0.2, -0.15) is 5.10 Å². The summed E-state index contributed by atoms with van der Waals surface area (Å²) < 4.78 is 7.17. The van der Waals surface area contributed by atoms with Crippen LogP contribution in [0.25, 0.3) is 0 Å². The van der Waals surface area contributed by atoms with Crippen molar-refractivity contribution in [1.29, 1.82) is 0 Å². The fraction of sp³-hybridized carbons (Fsp3) is 0.500. The van der Waals surface area contributed by atoms with Gasteiger partial charge in [0.1, 0.15) is 5.60 Å². The first-order chi connectivity index (χ1) is 9.11. The van der Waals surface area contributed by atoms with E-state index in [1.165, 1.54) is 24.9 Å². The molecule has 0 aliphatic heterocycles. The van der Waals surface area contributed by atoms with Gasteiger partial charge in [-0.1, -0.05) is 0 Å². The lowest BCUT2D eigenvalue weighted by molar-refractivity contribution is 0.0529. The van der Waals surface area contributed by atoms with Crippen LogP contribution in [0.4, 0.5) is 4.79 Å². The van der Waals surface area contributed by atoms with Gasteiger partial charge in [-0.3, -0.25) is 9.36 Å². The summed E-state index contributed by atoms with van der Waals surface area (Å²) in [7, 11) is 2.88. The molecule has 8 heteroatoms. The van der Waals surface area contributed by atoms with E-state index in [1.54, 1.807) is 20.8 Å². The lowest BCUT2D eigenvalue weighted by Crippen LogP contribution is -2.38. The molecular weight excluding hydrogens is 264 g/mol. The Kier molecular flexibility index (Phi) is 4.49. The van der Waals surface area contributed by atoms with Gasteiger partial charge in [-0.25, -0.2) is 15.0 Å². The standard InChI is InChI=1S/C12H18N4O4/c1-12(2,3)20-10(18)14-13-6-8-7-15(4)11(19)16(5)9(8)17/h6-7H,1-5H3,(H,14,18)/b13-6-. The minimum absolute atomic E-state index is 0.172. The third-order valence-corrected chi connectivity index (χ3v) is 2.23. The number of ether oxygens (including phenoxy) is 1. The molecule has 1 rings (SSSR count). The molecule has 0 aliphatic carbocycles. The van der Waals surface area contributed by atoms with E-state index in [9.17, 15) is 14.4 Å². The summed E-state index contributed by atoms with van der Waals surface area (Å²) in [5.74, 6) is 0. The van der Waals surface area contributed by atoms with Crippen molar-refractivity contribution in [3.8, 4) is 0 Å². The quantitative estimate of drug-likeness (QED) is 0.607. The summed E-state index contributed by atoms with van der Waals surface area (Å²) >= 11 is 0. The molecule has 0 saturated heterocycles. The summed E-state index contributed by atoms with van der Waals surface area (Å²) in [5.41, 5.74) is 0.745. The van der Waals surface area contributed by atoms with Crippen molar-refractivity contribution in [2.45, 2.75) is 26.4 Å². The zero-order chi connectivity index (χ0) is 15.5. The van der Waals surface area contributed by atoms with Crippen LogP contribution in [0.5, 0.6) is 0 Å². The monoisotopic (exact) mass is 282 g/mol. The van der Waals surface area contributed by atoms with Crippen LogP contribution in [0.1, 0.15) is 26.3 Å². The topological polar surface area (TPSA) is 94.7 Å². The Morgan fingerprint density at radius 1 is 1.35 bits per heavy atom. The smallest absolute Gasteiger partial charge is 0.428 e. The highest BCUT2D eigenvalue weighted by Crippen LogP contribution is 2.06. The summed E-state index contributed by atoms with van der Waals surface area (Å²) in [5, 5.41) is 3.62. The SMILES string of the molecule is Cn1cc(/C=N\NC(=O)OC(C)(C)C)c(=O)n(C)c1=O. The van der Waals surface area contributed by atoms with Gasteiger partial charge in [0.15, 0.2) is 0 Å². The van der Waals surface area contributed by atoms with Crippen LogP contribution in [-0.2, 0) is 18.8 Å². The minimum atomic E-state index is -0.726. The lowest BCUT2D eigenvalue weighted by Gasteiger charge is -2.18. The fourth-order valence-electron chi connectivity index (χ4n) is 1.38. The number of aryl methyl sites for hydroxylation is 1. The predicted octanol–water partition coefficient (Wildman–Crippen LogP) is -0.0574. The molecule has 1 aromatic rings. The normalized spacial score (nSPS) is 11.7. The van der Waals surface area contributed by atoms with Gasteiger partial charge in [0.2, 0.25) is 0 Å². The second-order valence-corrected chi connectivity index (χ2v) is 5.21. The summed E-state index contributed by atoms with van der Waals surface area (Å²) in [6.45, 7) is 5.16. The van der Waals surface area contributed by atoms with Crippen LogP contribution in [0.15, 0.2) is 20.9 Å². The molecule has 0 spiro atoms. The van der Waals surface area contributed by atoms with E-state index >= 15 is 0 Å². The maximum absolute atomic E-state index is 11.8. The van der Waals surface area contributed by atoms with Gasteiger partial charge in [-0.15, -0.1) is 0 Å². The summed E-state index contributed by atoms with van der Waals surface area (Å²) in [4.78, 5) is 34.6. The number of rotatable bonds is 2. The lowest BCUT2D eigenvalue weighted by atomic mass is 10.2. The average molecular weight is 282 g/mol. The molecule has 0 radical (unpaired) electrons. The molecule has 0 bridgehead atoms. The number of nitrogens with one attached hydrogen (secondary N) is 1. The number of carbonyl (C=O) groups is 1. The number of carbonyl (C=O) groups excluding carboxylic acids is 1. The number of aromatic nitrogens is 2. The Bertz CT molecular complexity index is 649. The van der Waals surface area contributed by atoms with E-state index in [2.05, 4.69) is 10.5 Å². The Balaban J connectivity index is 2.85. The van der Waals surface area contributed by atoms with E-state index in [0.717, 1.165) is 10.8 Å². The Morgan fingerprint density at radius 2 is 1.95 bits per heavy atom. The van der Waals surface area contributed by atoms with Crippen LogP contribution < -0.4 is 16.7 Å². The van der Waals surface area contributed by atoms with E-state index in [4.69, 9.17) is 4.74 Å². The minimum Gasteiger partial charge on any atom is -0.443 e. The maximum atomic E-state index is 11.8. The van der Waals surface area contributed by atoms with Gasteiger partial charge in [0.05, 0.1) is 11.8 Å². The third kappa shape index (κ3) is 4.08. The van der Waals surface area contributed by atoms with Gasteiger partial charge >= 0.3 is 11.8 Å². The van der Waals surface area contributed by atoms with Crippen LogP contribution in [0.3, 0.4) is 0 Å². The number of amides is 1. The van der Waals surface area contributed by atoms with Gasteiger partial charge in [0.25, 0.3) is 5.56 Å². The first-order valence-electron chi connectivity index (χ1n) is 5.90. The molecule has 20 heavy (non-hydrogen) atoms. The van der Waals surface area contributed by atoms with Crippen molar-refractivity contribution in [2.75, 3.05) is 0 Å². The number of hydrogen-bond acceptors (Lipinski definition) is 5. The van der Waals surface area contributed by atoms with Crippen molar-refractivity contribution >= 4 is 12.3 Å². The molecule has 0 unspecified atom stereocenters. The Morgan fingerprint density at radius 3 is 2.50 bits per heavy atom. The second kappa shape index (κ2) is 5.72. The molecule has 1 heterocycles. The van der Waals surface area contributed by atoms with Crippen molar-refractivity contribution < 1.29 is 9.53 Å². The summed E-state index contributed by atoms with van der Waals surface area (Å²) in [6.07, 6.45) is 1.77. The number of hydrazone groups is 1. The highest BCUT2D eigenvalue weighted by molar-refractivity contribution is 5.79. The molecule has 110 valence electrons. The summed E-state index contributed by atoms with van der Waals surface area (Å²) in [6, 6.07) is 0. The Labute approximate surface area is 115 Å². The number of nitrogens with zero attached hydrogens (tertiary/aromatic N) is 3. The van der Waals surface area contributed by atoms with Crippen molar-refractivity contribution in [3.05, 3.63) is 32.6 Å². The van der Waals surface area contributed by atoms with Crippen molar-refractivity contribution in [3.63, 3.8) is 0 Å². The molecule has 0 aromatic carbocycles. The molecule has 1 aromatic heterocycles. The van der Waals surface area contributed by atoms with E-state index in [-0.39, 0.29) is 5.56 Å². The van der Waals surface area contributed by atoms with Crippen molar-refractivity contribution in [2.24, 2.45) is 19.2 Å². The average Bonchev–Trinajstić information content (AvgIpc) is 2.30. The molecular formula is C12H18N4O4. The van der Waals surface area contributed by atoms with Gasteiger partial charge in [-0.05, 0) is 20.8 Å². The molecule has 0 aliphatic rings. The predicted molar refractivity (Wildman–Crippen MR) is 73.9 cm³/mol.